The average Bonchev–Trinajstić information content (AvgIpc) is 2.19. The molecule has 1 amide bonds. The van der Waals surface area contributed by atoms with Gasteiger partial charge in [-0.05, 0) is 18.4 Å². The predicted molar refractivity (Wildman–Crippen MR) is 56.5 cm³/mol. The number of para-hydroxylation sites is 1. The molecule has 0 unspecified atom stereocenters. The van der Waals surface area contributed by atoms with Gasteiger partial charge in [0.25, 0.3) is 0 Å². The zero-order chi connectivity index (χ0) is 11.0. The molecule has 0 radical (unpaired) electrons. The Kier molecular flexibility index (Phi) is 6.39. The number of phenols is 1. The number of primary amides is 1. The number of ether oxygens (including phenoxy) is 1. The quantitative estimate of drug-likeness (QED) is 0.701. The van der Waals surface area contributed by atoms with Crippen molar-refractivity contribution in [2.24, 2.45) is 5.73 Å². The van der Waals surface area contributed by atoms with Crippen LogP contribution < -0.4 is 5.73 Å². The van der Waals surface area contributed by atoms with Crippen LogP contribution in [0.2, 0.25) is 0 Å². The van der Waals surface area contributed by atoms with Gasteiger partial charge < -0.3 is 15.6 Å². The van der Waals surface area contributed by atoms with Crippen LogP contribution in [0.3, 0.4) is 0 Å². The van der Waals surface area contributed by atoms with E-state index in [1.165, 1.54) is 7.11 Å². The molecule has 1 rings (SSSR count). The highest BCUT2D eigenvalue weighted by atomic mass is 32.2. The molecule has 78 valence electrons. The standard InChI is InChI=1S/C7H8OS.C2H5NO2/c1-9-7-5-3-2-4-6(7)8;1-5-2(3)4/h2-5,8H,1H3;1H3,(H2,3,4). The van der Waals surface area contributed by atoms with Crippen molar-refractivity contribution in [2.45, 2.75) is 4.90 Å². The van der Waals surface area contributed by atoms with Gasteiger partial charge in [0.1, 0.15) is 5.75 Å². The molecule has 0 heterocycles. The number of rotatable bonds is 1. The molecule has 1 aromatic rings. The van der Waals surface area contributed by atoms with Crippen molar-refractivity contribution < 1.29 is 14.6 Å². The number of hydrogen-bond donors (Lipinski definition) is 2. The average molecular weight is 215 g/mol. The number of carbonyl (C=O) groups is 1. The third-order valence-corrected chi connectivity index (χ3v) is 2.07. The summed E-state index contributed by atoms with van der Waals surface area (Å²) in [5.41, 5.74) is 4.43. The smallest absolute Gasteiger partial charge is 0.404 e. The van der Waals surface area contributed by atoms with Crippen LogP contribution in [-0.4, -0.2) is 24.6 Å². The zero-order valence-corrected chi connectivity index (χ0v) is 8.88. The number of aromatic hydroxyl groups is 1. The number of methoxy groups -OCH3 is 1. The van der Waals surface area contributed by atoms with Crippen LogP contribution in [0.4, 0.5) is 4.79 Å². The topological polar surface area (TPSA) is 72.5 Å². The maximum atomic E-state index is 9.37. The molecule has 1 aromatic carbocycles. The van der Waals surface area contributed by atoms with Crippen molar-refractivity contribution in [3.05, 3.63) is 24.3 Å². The summed E-state index contributed by atoms with van der Waals surface area (Å²) in [6.07, 6.45) is 1.19. The SMILES string of the molecule is COC(N)=O.CSc1ccccc1O. The molecule has 0 aliphatic rings. The molecule has 5 heteroatoms. The summed E-state index contributed by atoms with van der Waals surface area (Å²) in [7, 11) is 1.22. The molecular formula is C9H13NO3S. The second-order valence-corrected chi connectivity index (χ2v) is 3.04. The summed E-state index contributed by atoms with van der Waals surface area (Å²) in [5.74, 6) is 0.366. The van der Waals surface area contributed by atoms with E-state index in [4.69, 9.17) is 5.11 Å². The van der Waals surface area contributed by atoms with Crippen molar-refractivity contribution in [1.82, 2.24) is 0 Å². The molecule has 4 nitrogen and oxygen atoms in total. The van der Waals surface area contributed by atoms with E-state index in [2.05, 4.69) is 10.5 Å². The normalized spacial score (nSPS) is 8.43. The molecular weight excluding hydrogens is 202 g/mol. The number of benzene rings is 1. The van der Waals surface area contributed by atoms with Gasteiger partial charge in [-0.15, -0.1) is 11.8 Å². The summed E-state index contributed by atoms with van der Waals surface area (Å²) in [6, 6.07) is 7.30. The largest absolute Gasteiger partial charge is 0.507 e. The molecule has 0 bridgehead atoms. The number of amides is 1. The fraction of sp³-hybridized carbons (Fsp3) is 0.222. The summed E-state index contributed by atoms with van der Waals surface area (Å²) in [6.45, 7) is 0. The van der Waals surface area contributed by atoms with Crippen molar-refractivity contribution in [3.8, 4) is 5.75 Å². The van der Waals surface area contributed by atoms with E-state index in [-0.39, 0.29) is 0 Å². The second kappa shape index (κ2) is 7.08. The fourth-order valence-electron chi connectivity index (χ4n) is 0.630. The van der Waals surface area contributed by atoms with E-state index in [0.29, 0.717) is 5.75 Å². The number of carbonyl (C=O) groups excluding carboxylic acids is 1. The first-order valence-electron chi connectivity index (χ1n) is 3.77. The minimum absolute atomic E-state index is 0.366. The van der Waals surface area contributed by atoms with Crippen molar-refractivity contribution >= 4 is 17.9 Å². The lowest BCUT2D eigenvalue weighted by atomic mass is 10.3. The molecule has 0 saturated heterocycles. The zero-order valence-electron chi connectivity index (χ0n) is 8.06. The maximum Gasteiger partial charge on any atom is 0.404 e. The summed E-state index contributed by atoms with van der Waals surface area (Å²) in [4.78, 5) is 10.3. The van der Waals surface area contributed by atoms with Gasteiger partial charge in [0, 0.05) is 4.90 Å². The number of nitrogens with two attached hydrogens (primary N) is 1. The molecule has 0 aliphatic heterocycles. The highest BCUT2D eigenvalue weighted by molar-refractivity contribution is 7.98. The Morgan fingerprint density at radius 1 is 1.50 bits per heavy atom. The van der Waals surface area contributed by atoms with Gasteiger partial charge in [0.2, 0.25) is 0 Å². The maximum absolute atomic E-state index is 9.37. The second-order valence-electron chi connectivity index (χ2n) is 2.20. The van der Waals surface area contributed by atoms with Crippen LogP contribution in [0, 0.1) is 0 Å². The minimum atomic E-state index is -0.745. The molecule has 0 saturated carbocycles. The van der Waals surface area contributed by atoms with Gasteiger partial charge in [-0.25, -0.2) is 4.79 Å². The van der Waals surface area contributed by atoms with E-state index in [1.54, 1.807) is 17.8 Å². The highest BCUT2D eigenvalue weighted by Crippen LogP contribution is 2.24. The van der Waals surface area contributed by atoms with E-state index in [0.717, 1.165) is 4.90 Å². The van der Waals surface area contributed by atoms with Crippen LogP contribution >= 0.6 is 11.8 Å². The Labute approximate surface area is 87.1 Å². The Hall–Kier alpha value is -1.36. The number of phenolic OH excluding ortho intramolecular Hbond substituents is 1. The monoisotopic (exact) mass is 215 g/mol. The lowest BCUT2D eigenvalue weighted by Crippen LogP contribution is -2.08. The first kappa shape index (κ1) is 12.6. The summed E-state index contributed by atoms with van der Waals surface area (Å²) >= 11 is 1.55. The van der Waals surface area contributed by atoms with Crippen molar-refractivity contribution in [2.75, 3.05) is 13.4 Å². The molecule has 3 N–H and O–H groups in total. The third-order valence-electron chi connectivity index (χ3n) is 1.29. The van der Waals surface area contributed by atoms with Crippen molar-refractivity contribution in [3.63, 3.8) is 0 Å². The number of hydrogen-bond acceptors (Lipinski definition) is 4. The highest BCUT2D eigenvalue weighted by Gasteiger charge is 1.93. The van der Waals surface area contributed by atoms with E-state index < -0.39 is 6.09 Å². The Balaban J connectivity index is 0.000000292. The van der Waals surface area contributed by atoms with Gasteiger partial charge >= 0.3 is 6.09 Å². The first-order valence-corrected chi connectivity index (χ1v) is 4.99. The predicted octanol–water partition coefficient (Wildman–Crippen LogP) is 1.83. The van der Waals surface area contributed by atoms with E-state index in [9.17, 15) is 4.79 Å². The molecule has 0 spiro atoms. The van der Waals surface area contributed by atoms with E-state index >= 15 is 0 Å². The molecule has 0 fully saturated rings. The molecule has 0 atom stereocenters. The summed E-state index contributed by atoms with van der Waals surface area (Å²) < 4.78 is 3.89. The van der Waals surface area contributed by atoms with Gasteiger partial charge in [-0.3, -0.25) is 0 Å². The lowest BCUT2D eigenvalue weighted by Gasteiger charge is -1.96. The lowest BCUT2D eigenvalue weighted by molar-refractivity contribution is 0.182. The fourth-order valence-corrected chi connectivity index (χ4v) is 1.12. The molecule has 14 heavy (non-hydrogen) atoms. The Morgan fingerprint density at radius 3 is 2.29 bits per heavy atom. The molecule has 0 aliphatic carbocycles. The van der Waals surface area contributed by atoms with Crippen LogP contribution in [-0.2, 0) is 4.74 Å². The van der Waals surface area contributed by atoms with Gasteiger partial charge in [-0.1, -0.05) is 12.1 Å². The van der Waals surface area contributed by atoms with Crippen LogP contribution in [0.5, 0.6) is 5.75 Å². The Morgan fingerprint density at radius 2 is 2.00 bits per heavy atom. The van der Waals surface area contributed by atoms with Crippen LogP contribution in [0.1, 0.15) is 0 Å². The van der Waals surface area contributed by atoms with Gasteiger partial charge in [0.05, 0.1) is 7.11 Å². The number of thioether (sulfide) groups is 1. The van der Waals surface area contributed by atoms with Crippen LogP contribution in [0.15, 0.2) is 29.2 Å². The third kappa shape index (κ3) is 5.31. The first-order chi connectivity index (χ1) is 6.61. The van der Waals surface area contributed by atoms with Gasteiger partial charge in [-0.2, -0.15) is 0 Å². The van der Waals surface area contributed by atoms with Crippen molar-refractivity contribution in [1.29, 1.82) is 0 Å². The Bertz CT molecular complexity index is 291. The van der Waals surface area contributed by atoms with E-state index in [1.807, 2.05) is 24.5 Å². The van der Waals surface area contributed by atoms with Crippen LogP contribution in [0.25, 0.3) is 0 Å². The minimum Gasteiger partial charge on any atom is -0.507 e. The summed E-state index contributed by atoms with van der Waals surface area (Å²) in [5, 5.41) is 9.09. The van der Waals surface area contributed by atoms with Gasteiger partial charge in [0.15, 0.2) is 0 Å². The molecule has 0 aromatic heterocycles.